The highest BCUT2D eigenvalue weighted by molar-refractivity contribution is 7.98. The Morgan fingerprint density at radius 1 is 1.32 bits per heavy atom. The van der Waals surface area contributed by atoms with E-state index in [-0.39, 0.29) is 29.1 Å². The van der Waals surface area contributed by atoms with E-state index in [1.54, 1.807) is 26.2 Å². The highest BCUT2D eigenvalue weighted by atomic mass is 32.2. The number of amides is 1. The highest BCUT2D eigenvalue weighted by Crippen LogP contribution is 2.29. The van der Waals surface area contributed by atoms with Crippen molar-refractivity contribution in [3.8, 4) is 5.75 Å². The lowest BCUT2D eigenvalue weighted by atomic mass is 10.0. The average Bonchev–Trinajstić information content (AvgIpc) is 2.49. The summed E-state index contributed by atoms with van der Waals surface area (Å²) >= 11 is 1.29. The van der Waals surface area contributed by atoms with E-state index in [4.69, 9.17) is 9.52 Å². The number of nitrogens with one attached hydrogen (secondary N) is 1. The van der Waals surface area contributed by atoms with Crippen molar-refractivity contribution in [1.29, 1.82) is 0 Å². The Morgan fingerprint density at radius 2 is 2.00 bits per heavy atom. The number of rotatable bonds is 6. The van der Waals surface area contributed by atoms with Gasteiger partial charge in [0.05, 0.1) is 17.4 Å². The molecule has 0 aliphatic heterocycles. The maximum Gasteiger partial charge on any atom is 0.340 e. The largest absolute Gasteiger partial charge is 0.507 e. The number of phenols is 1. The van der Waals surface area contributed by atoms with E-state index in [9.17, 15) is 19.5 Å². The number of aryl methyl sites for hydroxylation is 2. The molecule has 1 amide bonds. The van der Waals surface area contributed by atoms with Crippen LogP contribution in [0.2, 0.25) is 0 Å². The molecule has 1 aromatic carbocycles. The zero-order chi connectivity index (χ0) is 18.7. The summed E-state index contributed by atoms with van der Waals surface area (Å²) in [5.41, 5.74) is 0.837. The molecule has 0 fully saturated rings. The number of thioether (sulfide) groups is 1. The van der Waals surface area contributed by atoms with Crippen molar-refractivity contribution < 1.29 is 24.2 Å². The van der Waals surface area contributed by atoms with Crippen molar-refractivity contribution in [2.24, 2.45) is 0 Å². The van der Waals surface area contributed by atoms with Gasteiger partial charge in [-0.25, -0.2) is 9.59 Å². The summed E-state index contributed by atoms with van der Waals surface area (Å²) in [6, 6.07) is 2.14. The molecule has 7 nitrogen and oxygen atoms in total. The standard InChI is InChI=1S/C17H19NO6S/c1-8-4-12(19)15-9(2)10(17(23)24-13(15)5-8)6-14(20)18-11(7-25-3)16(21)22/h4-5,11,19H,6-7H2,1-3H3,(H,18,20)(H,21,22). The summed E-state index contributed by atoms with van der Waals surface area (Å²) in [5.74, 6) is -1.56. The van der Waals surface area contributed by atoms with Crippen LogP contribution in [0.25, 0.3) is 11.0 Å². The van der Waals surface area contributed by atoms with Gasteiger partial charge >= 0.3 is 11.6 Å². The molecule has 0 aliphatic carbocycles. The van der Waals surface area contributed by atoms with Gasteiger partial charge in [-0.3, -0.25) is 4.79 Å². The Morgan fingerprint density at radius 3 is 2.60 bits per heavy atom. The van der Waals surface area contributed by atoms with Crippen LogP contribution < -0.4 is 10.9 Å². The molecule has 0 bridgehead atoms. The van der Waals surface area contributed by atoms with Crippen LogP contribution >= 0.6 is 11.8 Å². The van der Waals surface area contributed by atoms with Crippen LogP contribution in [0.15, 0.2) is 21.3 Å². The maximum absolute atomic E-state index is 12.2. The predicted octanol–water partition coefficient (Wildman–Crippen LogP) is 1.59. The topological polar surface area (TPSA) is 117 Å². The molecule has 25 heavy (non-hydrogen) atoms. The minimum atomic E-state index is -1.14. The first-order valence-electron chi connectivity index (χ1n) is 7.51. The summed E-state index contributed by atoms with van der Waals surface area (Å²) < 4.78 is 5.22. The van der Waals surface area contributed by atoms with Crippen molar-refractivity contribution in [1.82, 2.24) is 5.32 Å². The number of hydrogen-bond donors (Lipinski definition) is 3. The lowest BCUT2D eigenvalue weighted by Gasteiger charge is -2.14. The minimum absolute atomic E-state index is 0.0382. The number of aromatic hydroxyl groups is 1. The molecule has 1 unspecified atom stereocenters. The Hall–Kier alpha value is -2.48. The molecule has 3 N–H and O–H groups in total. The molecule has 2 rings (SSSR count). The highest BCUT2D eigenvalue weighted by Gasteiger charge is 2.22. The Kier molecular flexibility index (Phi) is 5.73. The van der Waals surface area contributed by atoms with Gasteiger partial charge in [0, 0.05) is 5.75 Å². The molecular weight excluding hydrogens is 346 g/mol. The van der Waals surface area contributed by atoms with Gasteiger partial charge in [-0.05, 0) is 43.4 Å². The van der Waals surface area contributed by atoms with Crippen molar-refractivity contribution in [3.05, 3.63) is 39.2 Å². The Labute approximate surface area is 148 Å². The maximum atomic E-state index is 12.2. The van der Waals surface area contributed by atoms with E-state index in [1.165, 1.54) is 17.8 Å². The molecule has 1 atom stereocenters. The fourth-order valence-electron chi connectivity index (χ4n) is 2.61. The molecule has 2 aromatic rings. The van der Waals surface area contributed by atoms with E-state index in [0.717, 1.165) is 5.56 Å². The first-order chi connectivity index (χ1) is 11.7. The number of aliphatic carboxylic acids is 1. The van der Waals surface area contributed by atoms with Crippen LogP contribution in [0.1, 0.15) is 16.7 Å². The van der Waals surface area contributed by atoms with Gasteiger partial charge in [0.1, 0.15) is 17.4 Å². The van der Waals surface area contributed by atoms with Crippen LogP contribution in [0.3, 0.4) is 0 Å². The molecule has 8 heteroatoms. The SMILES string of the molecule is CSCC(NC(=O)Cc1c(C)c2c(O)cc(C)cc2oc1=O)C(=O)O. The summed E-state index contributed by atoms with van der Waals surface area (Å²) in [6.45, 7) is 3.38. The van der Waals surface area contributed by atoms with Crippen molar-refractivity contribution in [2.75, 3.05) is 12.0 Å². The third-order valence-corrected chi connectivity index (χ3v) is 4.47. The van der Waals surface area contributed by atoms with E-state index < -0.39 is 23.5 Å². The molecule has 0 spiro atoms. The molecule has 1 aromatic heterocycles. The van der Waals surface area contributed by atoms with Gasteiger partial charge in [0.15, 0.2) is 0 Å². The van der Waals surface area contributed by atoms with Gasteiger partial charge in [0.2, 0.25) is 5.91 Å². The van der Waals surface area contributed by atoms with Gasteiger partial charge in [-0.2, -0.15) is 11.8 Å². The first kappa shape index (κ1) is 18.9. The normalized spacial score (nSPS) is 12.1. The van der Waals surface area contributed by atoms with Crippen molar-refractivity contribution >= 4 is 34.6 Å². The lowest BCUT2D eigenvalue weighted by molar-refractivity contribution is -0.141. The average molecular weight is 365 g/mol. The van der Waals surface area contributed by atoms with Gasteiger partial charge in [-0.1, -0.05) is 0 Å². The van der Waals surface area contributed by atoms with E-state index in [0.29, 0.717) is 10.9 Å². The van der Waals surface area contributed by atoms with Crippen molar-refractivity contribution in [3.63, 3.8) is 0 Å². The van der Waals surface area contributed by atoms with Crippen LogP contribution in [0, 0.1) is 13.8 Å². The first-order valence-corrected chi connectivity index (χ1v) is 8.91. The van der Waals surface area contributed by atoms with Crippen molar-refractivity contribution in [2.45, 2.75) is 26.3 Å². The molecule has 0 saturated heterocycles. The molecule has 134 valence electrons. The van der Waals surface area contributed by atoms with Crippen LogP contribution in [-0.2, 0) is 16.0 Å². The number of phenolic OH excluding ortho intramolecular Hbond substituents is 1. The number of carbonyl (C=O) groups excluding carboxylic acids is 1. The second kappa shape index (κ2) is 7.60. The number of fused-ring (bicyclic) bond motifs is 1. The number of carboxylic acid groups (broad SMARTS) is 1. The molecule has 0 radical (unpaired) electrons. The predicted molar refractivity (Wildman–Crippen MR) is 95.3 cm³/mol. The number of carbonyl (C=O) groups is 2. The molecule has 0 saturated carbocycles. The monoisotopic (exact) mass is 365 g/mol. The number of benzene rings is 1. The Bertz CT molecular complexity index is 889. The Balaban J connectivity index is 2.37. The fraction of sp³-hybridized carbons (Fsp3) is 0.353. The minimum Gasteiger partial charge on any atom is -0.507 e. The molecule has 1 heterocycles. The van der Waals surface area contributed by atoms with E-state index >= 15 is 0 Å². The fourth-order valence-corrected chi connectivity index (χ4v) is 3.17. The third-order valence-electron chi connectivity index (χ3n) is 3.81. The summed E-state index contributed by atoms with van der Waals surface area (Å²) in [6.07, 6.45) is 1.41. The van der Waals surface area contributed by atoms with E-state index in [1.807, 2.05) is 0 Å². The number of hydrogen-bond acceptors (Lipinski definition) is 6. The van der Waals surface area contributed by atoms with Gasteiger partial charge < -0.3 is 19.9 Å². The zero-order valence-electron chi connectivity index (χ0n) is 14.1. The second-order valence-corrected chi connectivity index (χ2v) is 6.65. The van der Waals surface area contributed by atoms with Crippen LogP contribution in [-0.4, -0.2) is 40.1 Å². The smallest absolute Gasteiger partial charge is 0.340 e. The summed E-state index contributed by atoms with van der Waals surface area (Å²) in [4.78, 5) is 35.5. The summed E-state index contributed by atoms with van der Waals surface area (Å²) in [7, 11) is 0. The second-order valence-electron chi connectivity index (χ2n) is 5.74. The molecular formula is C17H19NO6S. The van der Waals surface area contributed by atoms with Crippen LogP contribution in [0.4, 0.5) is 0 Å². The quantitative estimate of drug-likeness (QED) is 0.666. The summed E-state index contributed by atoms with van der Waals surface area (Å²) in [5, 5.41) is 22.0. The van der Waals surface area contributed by atoms with Gasteiger partial charge in [-0.15, -0.1) is 0 Å². The van der Waals surface area contributed by atoms with Gasteiger partial charge in [0.25, 0.3) is 0 Å². The third kappa shape index (κ3) is 4.14. The lowest BCUT2D eigenvalue weighted by Crippen LogP contribution is -2.43. The number of carboxylic acids is 1. The molecule has 0 aliphatic rings. The van der Waals surface area contributed by atoms with Crippen LogP contribution in [0.5, 0.6) is 5.75 Å². The van der Waals surface area contributed by atoms with E-state index in [2.05, 4.69) is 5.32 Å². The zero-order valence-corrected chi connectivity index (χ0v) is 14.9.